The van der Waals surface area contributed by atoms with E-state index in [0.29, 0.717) is 0 Å². The number of alkyl halides is 1. The summed E-state index contributed by atoms with van der Waals surface area (Å²) in [6.07, 6.45) is 0. The molecule has 0 bridgehead atoms. The zero-order valence-electron chi connectivity index (χ0n) is 11.2. The number of rotatable bonds is 3. The van der Waals surface area contributed by atoms with Crippen molar-refractivity contribution in [3.63, 3.8) is 0 Å². The van der Waals surface area contributed by atoms with Crippen molar-refractivity contribution in [1.82, 2.24) is 0 Å². The Kier molecular flexibility index (Phi) is 4.25. The largest absolute Gasteiger partial charge is 0.497 e. The average Bonchev–Trinajstić information content (AvgIpc) is 2.37. The number of ether oxygens (including phenoxy) is 1. The minimum absolute atomic E-state index is 0.0307. The van der Waals surface area contributed by atoms with Crippen LogP contribution in [0.25, 0.3) is 0 Å². The first-order valence-corrected chi connectivity index (χ1v) is 6.99. The Morgan fingerprint density at radius 2 is 1.74 bits per heavy atom. The Labute approximate surface area is 121 Å². The van der Waals surface area contributed by atoms with Crippen LogP contribution in [-0.2, 0) is 0 Å². The number of halogens is 2. The van der Waals surface area contributed by atoms with Gasteiger partial charge in [-0.1, -0.05) is 28.1 Å². The summed E-state index contributed by atoms with van der Waals surface area (Å²) < 4.78 is 18.6. The fraction of sp³-hybridized carbons (Fsp3) is 0.250. The van der Waals surface area contributed by atoms with Crippen LogP contribution < -0.4 is 4.74 Å². The molecule has 19 heavy (non-hydrogen) atoms. The van der Waals surface area contributed by atoms with E-state index in [1.165, 1.54) is 0 Å². The average molecular weight is 323 g/mol. The Hall–Kier alpha value is -1.35. The Bertz CT molecular complexity index is 572. The first kappa shape index (κ1) is 14.1. The molecule has 1 nitrogen and oxygen atoms in total. The molecule has 0 saturated carbocycles. The van der Waals surface area contributed by atoms with Gasteiger partial charge < -0.3 is 4.74 Å². The van der Waals surface area contributed by atoms with Gasteiger partial charge in [-0.15, -0.1) is 0 Å². The second kappa shape index (κ2) is 5.74. The third-order valence-corrected chi connectivity index (χ3v) is 4.18. The lowest BCUT2D eigenvalue weighted by Crippen LogP contribution is -2.00. The Balaban J connectivity index is 2.46. The van der Waals surface area contributed by atoms with Crippen molar-refractivity contribution >= 4 is 15.9 Å². The molecule has 0 aliphatic rings. The van der Waals surface area contributed by atoms with Crippen LogP contribution in [0.15, 0.2) is 36.4 Å². The summed E-state index contributed by atoms with van der Waals surface area (Å²) in [5, 5.41) is 0. The van der Waals surface area contributed by atoms with Gasteiger partial charge in [-0.2, -0.15) is 0 Å². The summed E-state index contributed by atoms with van der Waals surface area (Å²) >= 11 is 3.71. The normalized spacial score (nSPS) is 12.3. The van der Waals surface area contributed by atoms with Crippen LogP contribution >= 0.6 is 15.9 Å². The lowest BCUT2D eigenvalue weighted by atomic mass is 9.96. The highest BCUT2D eigenvalue weighted by Crippen LogP contribution is 2.36. The van der Waals surface area contributed by atoms with Crippen LogP contribution in [0.5, 0.6) is 5.75 Å². The van der Waals surface area contributed by atoms with Crippen molar-refractivity contribution in [2.45, 2.75) is 18.7 Å². The van der Waals surface area contributed by atoms with Gasteiger partial charge in [0.25, 0.3) is 0 Å². The monoisotopic (exact) mass is 322 g/mol. The van der Waals surface area contributed by atoms with Gasteiger partial charge in [-0.25, -0.2) is 4.39 Å². The summed E-state index contributed by atoms with van der Waals surface area (Å²) in [6.45, 7) is 3.86. The number of benzene rings is 2. The molecule has 1 unspecified atom stereocenters. The van der Waals surface area contributed by atoms with Crippen LogP contribution in [0, 0.1) is 19.7 Å². The standard InChI is InChI=1S/C16H16BrFO/c1-10-7-13(18)8-11(2)15(10)16(17)12-5-4-6-14(9-12)19-3/h4-9,16H,1-3H3. The van der Waals surface area contributed by atoms with E-state index in [-0.39, 0.29) is 10.6 Å². The van der Waals surface area contributed by atoms with E-state index < -0.39 is 0 Å². The first-order valence-electron chi connectivity index (χ1n) is 6.07. The molecule has 0 fully saturated rings. The minimum atomic E-state index is -0.191. The predicted octanol–water partition coefficient (Wildman–Crippen LogP) is 4.94. The van der Waals surface area contributed by atoms with Crippen molar-refractivity contribution in [1.29, 1.82) is 0 Å². The third-order valence-electron chi connectivity index (χ3n) is 3.20. The molecule has 0 amide bonds. The molecule has 0 radical (unpaired) electrons. The maximum atomic E-state index is 13.4. The lowest BCUT2D eigenvalue weighted by Gasteiger charge is -2.17. The molecule has 1 atom stereocenters. The van der Waals surface area contributed by atoms with Gasteiger partial charge in [0.05, 0.1) is 11.9 Å². The maximum Gasteiger partial charge on any atom is 0.123 e. The summed E-state index contributed by atoms with van der Waals surface area (Å²) in [5.74, 6) is 0.628. The molecule has 0 saturated heterocycles. The topological polar surface area (TPSA) is 9.23 Å². The van der Waals surface area contributed by atoms with Crippen LogP contribution in [-0.4, -0.2) is 7.11 Å². The van der Waals surface area contributed by atoms with Gasteiger partial charge in [0, 0.05) is 0 Å². The summed E-state index contributed by atoms with van der Waals surface area (Å²) in [4.78, 5) is 0.0307. The fourth-order valence-electron chi connectivity index (χ4n) is 2.29. The number of hydrogen-bond donors (Lipinski definition) is 0. The van der Waals surface area contributed by atoms with Gasteiger partial charge in [-0.3, -0.25) is 0 Å². The van der Waals surface area contributed by atoms with Crippen LogP contribution in [0.3, 0.4) is 0 Å². The molecule has 2 aromatic rings. The second-order valence-electron chi connectivity index (χ2n) is 4.59. The fourth-order valence-corrected chi connectivity index (χ4v) is 3.29. The second-order valence-corrected chi connectivity index (χ2v) is 5.51. The van der Waals surface area contributed by atoms with Crippen LogP contribution in [0.1, 0.15) is 27.1 Å². The van der Waals surface area contributed by atoms with Gasteiger partial charge in [0.15, 0.2) is 0 Å². The quantitative estimate of drug-likeness (QED) is 0.727. The van der Waals surface area contributed by atoms with E-state index in [9.17, 15) is 4.39 Å². The molecule has 2 rings (SSSR count). The third kappa shape index (κ3) is 2.98. The maximum absolute atomic E-state index is 13.4. The van der Waals surface area contributed by atoms with Gasteiger partial charge in [0.2, 0.25) is 0 Å². The zero-order chi connectivity index (χ0) is 14.0. The number of methoxy groups -OCH3 is 1. The zero-order valence-corrected chi connectivity index (χ0v) is 12.8. The SMILES string of the molecule is COc1cccc(C(Br)c2c(C)cc(F)cc2C)c1. The minimum Gasteiger partial charge on any atom is -0.497 e. The summed E-state index contributed by atoms with van der Waals surface area (Å²) in [5.41, 5.74) is 4.09. The predicted molar refractivity (Wildman–Crippen MR) is 79.6 cm³/mol. The van der Waals surface area contributed by atoms with E-state index in [1.54, 1.807) is 19.2 Å². The highest BCUT2D eigenvalue weighted by Gasteiger charge is 2.16. The van der Waals surface area contributed by atoms with Gasteiger partial charge in [0.1, 0.15) is 11.6 Å². The molecule has 3 heteroatoms. The highest BCUT2D eigenvalue weighted by molar-refractivity contribution is 9.09. The van der Waals surface area contributed by atoms with Crippen molar-refractivity contribution in [2.75, 3.05) is 7.11 Å². The number of hydrogen-bond acceptors (Lipinski definition) is 1. The molecule has 0 aromatic heterocycles. The van der Waals surface area contributed by atoms with Crippen molar-refractivity contribution in [2.24, 2.45) is 0 Å². The van der Waals surface area contributed by atoms with Crippen molar-refractivity contribution in [3.05, 3.63) is 64.5 Å². The smallest absolute Gasteiger partial charge is 0.123 e. The summed E-state index contributed by atoms with van der Waals surface area (Å²) in [6, 6.07) is 11.0. The van der Waals surface area contributed by atoms with Crippen LogP contribution in [0.4, 0.5) is 4.39 Å². The van der Waals surface area contributed by atoms with Gasteiger partial charge >= 0.3 is 0 Å². The van der Waals surface area contributed by atoms with Crippen molar-refractivity contribution in [3.8, 4) is 5.75 Å². The molecule has 0 aliphatic carbocycles. The molecule has 0 aliphatic heterocycles. The van der Waals surface area contributed by atoms with E-state index in [4.69, 9.17) is 4.74 Å². The molecule has 2 aromatic carbocycles. The molecule has 0 N–H and O–H groups in total. The molecular formula is C16H16BrFO. The molecule has 0 heterocycles. The number of aryl methyl sites for hydroxylation is 2. The Morgan fingerprint density at radius 3 is 2.32 bits per heavy atom. The van der Waals surface area contributed by atoms with Crippen LogP contribution in [0.2, 0.25) is 0 Å². The van der Waals surface area contributed by atoms with E-state index in [0.717, 1.165) is 28.0 Å². The van der Waals surface area contributed by atoms with Crippen molar-refractivity contribution < 1.29 is 9.13 Å². The summed E-state index contributed by atoms with van der Waals surface area (Å²) in [7, 11) is 1.65. The lowest BCUT2D eigenvalue weighted by molar-refractivity contribution is 0.414. The molecule has 100 valence electrons. The van der Waals surface area contributed by atoms with Gasteiger partial charge in [-0.05, 0) is 60.4 Å². The first-order chi connectivity index (χ1) is 9.02. The Morgan fingerprint density at radius 1 is 1.11 bits per heavy atom. The van der Waals surface area contributed by atoms with E-state index in [1.807, 2.05) is 38.1 Å². The van der Waals surface area contributed by atoms with E-state index >= 15 is 0 Å². The highest BCUT2D eigenvalue weighted by atomic mass is 79.9. The molecule has 0 spiro atoms. The molecular weight excluding hydrogens is 307 g/mol. The van der Waals surface area contributed by atoms with E-state index in [2.05, 4.69) is 15.9 Å².